The van der Waals surface area contributed by atoms with Crippen molar-refractivity contribution < 1.29 is 4.79 Å². The summed E-state index contributed by atoms with van der Waals surface area (Å²) < 4.78 is 0. The number of nitrogens with one attached hydrogen (secondary N) is 3. The summed E-state index contributed by atoms with van der Waals surface area (Å²) in [5.74, 6) is 0.665. The molecule has 0 spiro atoms. The van der Waals surface area contributed by atoms with Crippen LogP contribution in [-0.2, 0) is 13.0 Å². The highest BCUT2D eigenvalue weighted by molar-refractivity contribution is 7.09. The van der Waals surface area contributed by atoms with E-state index in [0.717, 1.165) is 24.2 Å². The Morgan fingerprint density at radius 2 is 2.10 bits per heavy atom. The molecule has 0 saturated heterocycles. The molecular formula is C21H23N7OS. The number of carbonyl (C=O) groups excluding carboxylic acids is 1. The minimum Gasteiger partial charge on any atom is -0.398 e. The zero-order valence-electron chi connectivity index (χ0n) is 16.6. The molecular weight excluding hydrogens is 398 g/mol. The van der Waals surface area contributed by atoms with Crippen LogP contribution < -0.4 is 16.4 Å². The number of carbonyl (C=O) groups is 1. The Morgan fingerprint density at radius 1 is 1.30 bits per heavy atom. The molecule has 2 amide bonds. The van der Waals surface area contributed by atoms with Gasteiger partial charge in [0, 0.05) is 35.8 Å². The molecule has 0 unspecified atom stereocenters. The molecule has 1 aliphatic heterocycles. The fourth-order valence-electron chi connectivity index (χ4n) is 3.39. The third kappa shape index (κ3) is 4.25. The summed E-state index contributed by atoms with van der Waals surface area (Å²) in [6.45, 7) is 3.28. The number of rotatable bonds is 4. The largest absolute Gasteiger partial charge is 0.398 e. The molecule has 8 nitrogen and oxygen atoms in total. The van der Waals surface area contributed by atoms with Gasteiger partial charge in [-0.1, -0.05) is 30.3 Å². The van der Waals surface area contributed by atoms with Gasteiger partial charge in [0.2, 0.25) is 0 Å². The van der Waals surface area contributed by atoms with E-state index < -0.39 is 0 Å². The van der Waals surface area contributed by atoms with Gasteiger partial charge < -0.3 is 16.0 Å². The van der Waals surface area contributed by atoms with E-state index in [-0.39, 0.29) is 12.1 Å². The third-order valence-corrected chi connectivity index (χ3v) is 5.93. The Kier molecular flexibility index (Phi) is 5.62. The fourth-order valence-corrected chi connectivity index (χ4v) is 4.22. The molecule has 4 rings (SSSR count). The number of hydrogen-bond acceptors (Lipinski definition) is 6. The highest BCUT2D eigenvalue weighted by Gasteiger charge is 2.23. The number of benzene rings is 1. The van der Waals surface area contributed by atoms with Gasteiger partial charge in [0.1, 0.15) is 11.7 Å². The monoisotopic (exact) mass is 421 g/mol. The molecule has 1 aliphatic rings. The van der Waals surface area contributed by atoms with Crippen LogP contribution in [0.25, 0.3) is 0 Å². The van der Waals surface area contributed by atoms with Gasteiger partial charge in [0.25, 0.3) is 0 Å². The van der Waals surface area contributed by atoms with E-state index in [1.807, 2.05) is 47.7 Å². The number of amidine groups is 1. The van der Waals surface area contributed by atoms with Gasteiger partial charge in [-0.3, -0.25) is 10.7 Å². The van der Waals surface area contributed by atoms with E-state index in [1.165, 1.54) is 11.1 Å². The van der Waals surface area contributed by atoms with Gasteiger partial charge in [-0.2, -0.15) is 0 Å². The molecule has 0 saturated carbocycles. The van der Waals surface area contributed by atoms with Crippen molar-refractivity contribution in [1.82, 2.24) is 20.2 Å². The van der Waals surface area contributed by atoms with Gasteiger partial charge in [-0.25, -0.2) is 14.8 Å². The van der Waals surface area contributed by atoms with Gasteiger partial charge >= 0.3 is 6.03 Å². The second-order valence-electron chi connectivity index (χ2n) is 7.13. The van der Waals surface area contributed by atoms with Gasteiger partial charge in [-0.05, 0) is 12.5 Å². The number of hydrogen-bond donors (Lipinski definition) is 4. The van der Waals surface area contributed by atoms with Crippen LogP contribution in [0, 0.1) is 5.41 Å². The first-order valence-electron chi connectivity index (χ1n) is 9.64. The minimum atomic E-state index is -0.366. The van der Waals surface area contributed by atoms with Crippen molar-refractivity contribution in [3.8, 4) is 0 Å². The summed E-state index contributed by atoms with van der Waals surface area (Å²) in [7, 11) is 0. The molecule has 3 heterocycles. The minimum absolute atomic E-state index is 0.147. The molecule has 0 fully saturated rings. The molecule has 9 heteroatoms. The summed E-state index contributed by atoms with van der Waals surface area (Å²) in [6.07, 6.45) is 2.35. The number of nitrogens with two attached hydrogens (primary N) is 1. The van der Waals surface area contributed by atoms with Crippen LogP contribution in [0.3, 0.4) is 0 Å². The van der Waals surface area contributed by atoms with Crippen molar-refractivity contribution in [2.75, 3.05) is 17.6 Å². The molecule has 154 valence electrons. The predicted octanol–water partition coefficient (Wildman–Crippen LogP) is 3.39. The smallest absolute Gasteiger partial charge is 0.320 e. The number of fused-ring (bicyclic) bond motifs is 1. The van der Waals surface area contributed by atoms with Crippen molar-refractivity contribution in [3.05, 3.63) is 69.8 Å². The lowest BCUT2D eigenvalue weighted by Gasteiger charge is -2.28. The highest BCUT2D eigenvalue weighted by atomic mass is 32.1. The molecule has 2 aromatic heterocycles. The highest BCUT2D eigenvalue weighted by Crippen LogP contribution is 2.25. The average molecular weight is 422 g/mol. The number of nitrogens with zero attached hydrogens (tertiary/aromatic N) is 3. The summed E-state index contributed by atoms with van der Waals surface area (Å²) >= 11 is 1.61. The summed E-state index contributed by atoms with van der Waals surface area (Å²) in [4.78, 5) is 24.1. The Hall–Kier alpha value is -3.46. The molecule has 1 aromatic carbocycles. The van der Waals surface area contributed by atoms with Gasteiger partial charge in [-0.15, -0.1) is 11.3 Å². The number of aromatic nitrogens is 2. The molecule has 0 aliphatic carbocycles. The molecule has 30 heavy (non-hydrogen) atoms. The van der Waals surface area contributed by atoms with Crippen LogP contribution in [0.5, 0.6) is 0 Å². The van der Waals surface area contributed by atoms with E-state index in [9.17, 15) is 4.79 Å². The lowest BCUT2D eigenvalue weighted by Crippen LogP contribution is -2.36. The first-order valence-corrected chi connectivity index (χ1v) is 10.5. The second-order valence-corrected chi connectivity index (χ2v) is 8.07. The maximum absolute atomic E-state index is 12.3. The van der Waals surface area contributed by atoms with Gasteiger partial charge in [0.15, 0.2) is 0 Å². The first-order chi connectivity index (χ1) is 14.5. The van der Waals surface area contributed by atoms with Crippen molar-refractivity contribution in [2.24, 2.45) is 0 Å². The molecule has 1 atom stereocenters. The summed E-state index contributed by atoms with van der Waals surface area (Å²) in [5, 5.41) is 14.1. The number of anilines is 2. The van der Waals surface area contributed by atoms with E-state index in [0.29, 0.717) is 29.4 Å². The average Bonchev–Trinajstić information content (AvgIpc) is 3.22. The number of amides is 2. The van der Waals surface area contributed by atoms with Gasteiger partial charge in [0.05, 0.1) is 29.4 Å². The fraction of sp³-hybridized carbons (Fsp3) is 0.238. The second kappa shape index (κ2) is 8.50. The molecule has 5 N–H and O–H groups in total. The Morgan fingerprint density at radius 3 is 2.87 bits per heavy atom. The molecule has 0 bridgehead atoms. The van der Waals surface area contributed by atoms with E-state index in [1.54, 1.807) is 17.4 Å². The summed E-state index contributed by atoms with van der Waals surface area (Å²) in [5.41, 5.74) is 11.1. The van der Waals surface area contributed by atoms with Crippen LogP contribution in [0.2, 0.25) is 0 Å². The van der Waals surface area contributed by atoms with Crippen LogP contribution in [0.4, 0.5) is 16.3 Å². The zero-order valence-corrected chi connectivity index (χ0v) is 17.4. The molecule has 0 radical (unpaired) electrons. The lowest BCUT2D eigenvalue weighted by molar-refractivity contribution is 0.249. The number of urea groups is 1. The van der Waals surface area contributed by atoms with Crippen LogP contribution >= 0.6 is 11.3 Å². The number of pyridine rings is 1. The maximum atomic E-state index is 12.3. The Bertz CT molecular complexity index is 1070. The zero-order chi connectivity index (χ0) is 21.1. The van der Waals surface area contributed by atoms with Crippen molar-refractivity contribution in [1.29, 1.82) is 5.41 Å². The van der Waals surface area contributed by atoms with Crippen molar-refractivity contribution >= 4 is 34.7 Å². The quantitative estimate of drug-likeness (QED) is 0.380. The Balaban J connectivity index is 1.39. The van der Waals surface area contributed by atoms with Crippen molar-refractivity contribution in [3.63, 3.8) is 0 Å². The van der Waals surface area contributed by atoms with Crippen LogP contribution in [-0.4, -0.2) is 33.3 Å². The Labute approximate surface area is 178 Å². The third-order valence-electron chi connectivity index (χ3n) is 5.07. The van der Waals surface area contributed by atoms with E-state index >= 15 is 0 Å². The van der Waals surface area contributed by atoms with E-state index in [2.05, 4.69) is 20.6 Å². The normalized spacial score (nSPS) is 14.0. The standard InChI is InChI=1S/C21H23N7OS/c1-13(14-5-3-2-4-6-14)26-21(29)27-19-9-16(22)15(10-24-19)20(23)28-8-7-17-18(11-28)30-12-25-17/h2-6,9-10,12-13,23H,7-8,11H2,1H3,(H4,22,24,26,27,29)/t13-/m1/s1. The van der Waals surface area contributed by atoms with Crippen molar-refractivity contribution in [2.45, 2.75) is 25.9 Å². The first kappa shape index (κ1) is 19.8. The number of nitrogen functional groups attached to an aromatic ring is 1. The maximum Gasteiger partial charge on any atom is 0.320 e. The number of thiazole rings is 1. The van der Waals surface area contributed by atoms with Crippen LogP contribution in [0.1, 0.15) is 34.7 Å². The predicted molar refractivity (Wildman–Crippen MR) is 119 cm³/mol. The summed E-state index contributed by atoms with van der Waals surface area (Å²) in [6, 6.07) is 10.8. The lowest BCUT2D eigenvalue weighted by atomic mass is 10.1. The van der Waals surface area contributed by atoms with E-state index in [4.69, 9.17) is 11.1 Å². The van der Waals surface area contributed by atoms with Crippen LogP contribution in [0.15, 0.2) is 48.1 Å². The SMILES string of the molecule is C[C@@H](NC(=O)Nc1cc(N)c(C(=N)N2CCc3ncsc3C2)cn1)c1ccccc1. The molecule has 3 aromatic rings. The topological polar surface area (TPSA) is 120 Å².